The lowest BCUT2D eigenvalue weighted by Crippen LogP contribution is -2.19. The van der Waals surface area contributed by atoms with Crippen molar-refractivity contribution in [3.63, 3.8) is 0 Å². The van der Waals surface area contributed by atoms with E-state index in [1.165, 1.54) is 0 Å². The monoisotopic (exact) mass is 214 g/mol. The quantitative estimate of drug-likeness (QED) is 0.436. The van der Waals surface area contributed by atoms with E-state index in [0.717, 1.165) is 0 Å². The lowest BCUT2D eigenvalue weighted by molar-refractivity contribution is -0.144. The number of rotatable bonds is 3. The van der Waals surface area contributed by atoms with Gasteiger partial charge < -0.3 is 9.84 Å². The van der Waals surface area contributed by atoms with E-state index in [9.17, 15) is 9.90 Å². The predicted octanol–water partition coefficient (Wildman–Crippen LogP) is 1.18. The number of ether oxygens (including phenoxy) is 1. The zero-order valence-corrected chi connectivity index (χ0v) is 10.3. The van der Waals surface area contributed by atoms with Gasteiger partial charge in [-0.1, -0.05) is 25.6 Å². The van der Waals surface area contributed by atoms with Crippen LogP contribution in [0.2, 0.25) is 19.6 Å². The molecule has 0 aliphatic rings. The maximum Gasteiger partial charge on any atom is 0.309 e. The van der Waals surface area contributed by atoms with Gasteiger partial charge in [0.2, 0.25) is 0 Å². The Morgan fingerprint density at radius 1 is 1.50 bits per heavy atom. The van der Waals surface area contributed by atoms with Crippen LogP contribution in [-0.4, -0.2) is 31.9 Å². The summed E-state index contributed by atoms with van der Waals surface area (Å²) in [5, 5.41) is 9.36. The number of aliphatic hydroxyl groups excluding tert-OH is 1. The molecule has 0 rings (SSSR count). The third kappa shape index (κ3) is 7.84. The van der Waals surface area contributed by atoms with E-state index in [4.69, 9.17) is 0 Å². The summed E-state index contributed by atoms with van der Waals surface area (Å²) >= 11 is 0. The van der Waals surface area contributed by atoms with Crippen LogP contribution in [0.25, 0.3) is 0 Å². The van der Waals surface area contributed by atoms with Gasteiger partial charge in [-0.3, -0.25) is 4.79 Å². The lowest BCUT2D eigenvalue weighted by Gasteiger charge is -2.06. The zero-order valence-electron chi connectivity index (χ0n) is 9.26. The Bertz CT molecular complexity index is 244. The molecule has 0 fully saturated rings. The average Bonchev–Trinajstić information content (AvgIpc) is 2.00. The minimum absolute atomic E-state index is 0.0364. The minimum Gasteiger partial charge on any atom is -0.466 e. The Morgan fingerprint density at radius 2 is 2.07 bits per heavy atom. The molecule has 0 unspecified atom stereocenters. The summed E-state index contributed by atoms with van der Waals surface area (Å²) in [6.07, 6.45) is -0.925. The number of hydrogen-bond donors (Lipinski definition) is 1. The smallest absolute Gasteiger partial charge is 0.309 e. The second kappa shape index (κ2) is 5.84. The first kappa shape index (κ1) is 13.2. The van der Waals surface area contributed by atoms with Crippen LogP contribution in [0, 0.1) is 11.5 Å². The van der Waals surface area contributed by atoms with Crippen molar-refractivity contribution in [2.75, 3.05) is 6.61 Å². The largest absolute Gasteiger partial charge is 0.466 e. The molecule has 0 aromatic carbocycles. The third-order valence-electron chi connectivity index (χ3n) is 1.28. The van der Waals surface area contributed by atoms with Crippen LogP contribution in [0.5, 0.6) is 0 Å². The van der Waals surface area contributed by atoms with E-state index < -0.39 is 20.1 Å². The van der Waals surface area contributed by atoms with Gasteiger partial charge in [-0.05, 0) is 6.92 Å². The maximum atomic E-state index is 10.9. The first-order chi connectivity index (χ1) is 6.35. The molecule has 4 heteroatoms. The highest BCUT2D eigenvalue weighted by Gasteiger charge is 2.11. The molecule has 14 heavy (non-hydrogen) atoms. The van der Waals surface area contributed by atoms with Crippen LogP contribution >= 0.6 is 0 Å². The third-order valence-corrected chi connectivity index (χ3v) is 2.17. The first-order valence-corrected chi connectivity index (χ1v) is 8.21. The molecule has 1 atom stereocenters. The lowest BCUT2D eigenvalue weighted by atomic mass is 10.3. The Hall–Kier alpha value is -0.793. The Morgan fingerprint density at radius 3 is 2.50 bits per heavy atom. The number of hydrogen-bond acceptors (Lipinski definition) is 3. The number of esters is 1. The predicted molar refractivity (Wildman–Crippen MR) is 58.4 cm³/mol. The molecule has 0 heterocycles. The van der Waals surface area contributed by atoms with Gasteiger partial charge in [0.05, 0.1) is 13.0 Å². The highest BCUT2D eigenvalue weighted by atomic mass is 28.3. The molecular weight excluding hydrogens is 196 g/mol. The fourth-order valence-electron chi connectivity index (χ4n) is 0.729. The second-order valence-corrected chi connectivity index (χ2v) is 8.79. The maximum absolute atomic E-state index is 10.9. The van der Waals surface area contributed by atoms with Gasteiger partial charge in [0, 0.05) is 0 Å². The van der Waals surface area contributed by atoms with E-state index in [0.29, 0.717) is 6.61 Å². The summed E-state index contributed by atoms with van der Waals surface area (Å²) in [4.78, 5) is 10.9. The van der Waals surface area contributed by atoms with Gasteiger partial charge in [-0.25, -0.2) is 0 Å². The molecular formula is C10H18O3Si. The van der Waals surface area contributed by atoms with Crippen molar-refractivity contribution in [1.82, 2.24) is 0 Å². The average molecular weight is 214 g/mol. The van der Waals surface area contributed by atoms with Crippen LogP contribution in [0.3, 0.4) is 0 Å². The summed E-state index contributed by atoms with van der Waals surface area (Å²) in [5.41, 5.74) is 3.00. The molecule has 3 nitrogen and oxygen atoms in total. The molecule has 0 aliphatic heterocycles. The molecule has 80 valence electrons. The van der Waals surface area contributed by atoms with Crippen molar-refractivity contribution < 1.29 is 14.6 Å². The Labute approximate surface area is 86.5 Å². The Balaban J connectivity index is 4.02. The summed E-state index contributed by atoms with van der Waals surface area (Å²) in [6, 6.07) is 0. The highest BCUT2D eigenvalue weighted by molar-refractivity contribution is 6.83. The Kier molecular flexibility index (Phi) is 5.51. The van der Waals surface area contributed by atoms with E-state index in [1.54, 1.807) is 6.92 Å². The molecule has 0 saturated heterocycles. The van der Waals surface area contributed by atoms with Crippen LogP contribution in [0.4, 0.5) is 0 Å². The van der Waals surface area contributed by atoms with Crippen LogP contribution in [-0.2, 0) is 9.53 Å². The molecule has 0 saturated carbocycles. The highest BCUT2D eigenvalue weighted by Crippen LogP contribution is 1.98. The zero-order chi connectivity index (χ0) is 11.2. The van der Waals surface area contributed by atoms with Crippen molar-refractivity contribution in [1.29, 1.82) is 0 Å². The van der Waals surface area contributed by atoms with Crippen LogP contribution in [0.1, 0.15) is 13.3 Å². The number of carbonyl (C=O) groups excluding carboxylic acids is 1. The van der Waals surface area contributed by atoms with E-state index >= 15 is 0 Å². The second-order valence-electron chi connectivity index (χ2n) is 4.04. The first-order valence-electron chi connectivity index (χ1n) is 4.71. The summed E-state index contributed by atoms with van der Waals surface area (Å²) in [7, 11) is -1.46. The topological polar surface area (TPSA) is 46.5 Å². The van der Waals surface area contributed by atoms with E-state index in [2.05, 4.69) is 35.8 Å². The van der Waals surface area contributed by atoms with E-state index in [-0.39, 0.29) is 6.42 Å². The van der Waals surface area contributed by atoms with Crippen molar-refractivity contribution in [2.45, 2.75) is 39.1 Å². The van der Waals surface area contributed by atoms with Crippen molar-refractivity contribution in [3.8, 4) is 11.5 Å². The fraction of sp³-hybridized carbons (Fsp3) is 0.700. The van der Waals surface area contributed by atoms with Crippen molar-refractivity contribution in [3.05, 3.63) is 0 Å². The molecule has 0 bridgehead atoms. The number of carbonyl (C=O) groups is 1. The van der Waals surface area contributed by atoms with E-state index in [1.807, 2.05) is 0 Å². The van der Waals surface area contributed by atoms with Gasteiger partial charge >= 0.3 is 5.97 Å². The van der Waals surface area contributed by atoms with Crippen molar-refractivity contribution >= 4 is 14.0 Å². The summed E-state index contributed by atoms with van der Waals surface area (Å²) < 4.78 is 4.69. The van der Waals surface area contributed by atoms with Crippen molar-refractivity contribution in [2.24, 2.45) is 0 Å². The number of aliphatic hydroxyl groups is 1. The molecule has 0 aromatic heterocycles. The summed E-state index contributed by atoms with van der Waals surface area (Å²) in [6.45, 7) is 8.32. The van der Waals surface area contributed by atoms with Crippen LogP contribution < -0.4 is 0 Å². The molecule has 0 aromatic rings. The van der Waals surface area contributed by atoms with Gasteiger partial charge in [-0.2, -0.15) is 0 Å². The molecule has 0 spiro atoms. The molecule has 0 amide bonds. The SMILES string of the molecule is CCOC(=O)C[C@@H](O)C#C[Si](C)(C)C. The van der Waals surface area contributed by atoms with Crippen LogP contribution in [0.15, 0.2) is 0 Å². The van der Waals surface area contributed by atoms with Gasteiger partial charge in [0.15, 0.2) is 0 Å². The van der Waals surface area contributed by atoms with Gasteiger partial charge in [0.25, 0.3) is 0 Å². The molecule has 0 aliphatic carbocycles. The normalized spacial score (nSPS) is 12.6. The minimum atomic E-state index is -1.46. The molecule has 0 radical (unpaired) electrons. The summed E-state index contributed by atoms with van der Waals surface area (Å²) in [5.74, 6) is 2.28. The van der Waals surface area contributed by atoms with Gasteiger partial charge in [-0.15, -0.1) is 5.54 Å². The van der Waals surface area contributed by atoms with Gasteiger partial charge in [0.1, 0.15) is 14.2 Å². The molecule has 1 N–H and O–H groups in total. The standard InChI is InChI=1S/C10H18O3Si/c1-5-13-10(12)8-9(11)6-7-14(2,3)4/h9,11H,5,8H2,1-4H3/t9-/m0/s1. The fourth-order valence-corrected chi connectivity index (χ4v) is 1.33.